The lowest BCUT2D eigenvalue weighted by Gasteiger charge is -2.35. The fraction of sp³-hybridized carbons (Fsp3) is 0.375. The summed E-state index contributed by atoms with van der Waals surface area (Å²) in [4.78, 5) is 29.2. The second-order valence-electron chi connectivity index (χ2n) is 10.5. The second kappa shape index (κ2) is 14.9. The van der Waals surface area contributed by atoms with Crippen LogP contribution in [0.3, 0.4) is 0 Å². The van der Waals surface area contributed by atoms with E-state index < -0.39 is 34.5 Å². The maximum absolute atomic E-state index is 14.9. The molecule has 3 aromatic rings. The van der Waals surface area contributed by atoms with Crippen molar-refractivity contribution in [2.75, 3.05) is 31.5 Å². The molecule has 3 aromatic carbocycles. The first kappa shape index (κ1) is 32.8. The number of carbonyl (C=O) groups excluding carboxylic acids is 2. The summed E-state index contributed by atoms with van der Waals surface area (Å²) in [5, 5.41) is 2.92. The Morgan fingerprint density at radius 2 is 1.62 bits per heavy atom. The Morgan fingerprint density at radius 3 is 2.26 bits per heavy atom. The molecule has 226 valence electrons. The number of unbranched alkanes of at least 4 members (excludes halogenated alkanes) is 1. The fourth-order valence-corrected chi connectivity index (χ4v) is 5.67. The third-order valence-corrected chi connectivity index (χ3v) is 8.86. The van der Waals surface area contributed by atoms with E-state index in [0.29, 0.717) is 17.8 Å². The van der Waals surface area contributed by atoms with E-state index in [1.165, 1.54) is 25.1 Å². The lowest BCUT2D eigenvalue weighted by atomic mass is 10.0. The first-order chi connectivity index (χ1) is 19.9. The highest BCUT2D eigenvalue weighted by atomic mass is 32.2. The summed E-state index contributed by atoms with van der Waals surface area (Å²) >= 11 is 0. The number of halogens is 1. The molecule has 0 aliphatic rings. The molecular formula is C32H41FN4O4S. The first-order valence-electron chi connectivity index (χ1n) is 14.1. The number of benzene rings is 3. The van der Waals surface area contributed by atoms with E-state index in [9.17, 15) is 22.4 Å². The molecule has 42 heavy (non-hydrogen) atoms. The van der Waals surface area contributed by atoms with Gasteiger partial charge in [0.2, 0.25) is 11.8 Å². The van der Waals surface area contributed by atoms with Gasteiger partial charge in [-0.3, -0.25) is 9.59 Å². The summed E-state index contributed by atoms with van der Waals surface area (Å²) in [5.41, 5.74) is 2.88. The number of anilines is 1. The third-order valence-electron chi connectivity index (χ3n) is 7.05. The van der Waals surface area contributed by atoms with Crippen LogP contribution in [0.2, 0.25) is 0 Å². The Bertz CT molecular complexity index is 1460. The van der Waals surface area contributed by atoms with Crippen LogP contribution in [0.5, 0.6) is 0 Å². The van der Waals surface area contributed by atoms with Gasteiger partial charge in [-0.1, -0.05) is 74.0 Å². The van der Waals surface area contributed by atoms with E-state index in [-0.39, 0.29) is 24.4 Å². The predicted octanol–water partition coefficient (Wildman–Crippen LogP) is 4.61. The predicted molar refractivity (Wildman–Crippen MR) is 165 cm³/mol. The van der Waals surface area contributed by atoms with Crippen molar-refractivity contribution in [2.24, 2.45) is 0 Å². The van der Waals surface area contributed by atoms with Gasteiger partial charge in [-0.05, 0) is 49.1 Å². The Morgan fingerprint density at radius 1 is 0.952 bits per heavy atom. The van der Waals surface area contributed by atoms with Gasteiger partial charge in [0.15, 0.2) is 0 Å². The van der Waals surface area contributed by atoms with Gasteiger partial charge in [0.05, 0.1) is 5.69 Å². The highest BCUT2D eigenvalue weighted by Crippen LogP contribution is 2.26. The molecule has 0 bridgehead atoms. The molecule has 0 aliphatic carbocycles. The molecule has 0 saturated heterocycles. The first-order valence-corrected chi connectivity index (χ1v) is 15.5. The maximum Gasteiger partial charge on any atom is 0.304 e. The minimum absolute atomic E-state index is 0.170. The number of rotatable bonds is 14. The van der Waals surface area contributed by atoms with E-state index in [0.717, 1.165) is 32.6 Å². The average Bonchev–Trinajstić information content (AvgIpc) is 2.96. The van der Waals surface area contributed by atoms with Crippen molar-refractivity contribution in [3.05, 3.63) is 101 Å². The lowest BCUT2D eigenvalue weighted by Crippen LogP contribution is -2.54. The van der Waals surface area contributed by atoms with Crippen LogP contribution in [-0.2, 0) is 32.8 Å². The highest BCUT2D eigenvalue weighted by molar-refractivity contribution is 7.90. The molecule has 0 heterocycles. The minimum atomic E-state index is -4.12. The van der Waals surface area contributed by atoms with Crippen molar-refractivity contribution in [1.82, 2.24) is 14.5 Å². The van der Waals surface area contributed by atoms with Gasteiger partial charge in [-0.25, -0.2) is 8.70 Å². The standard InChI is InChI=1S/C32H41FN4O4S/c1-6-7-19-34-32(39)30(21-26-13-9-8-10-14-26)36(22-27-15-11-12-16-28(27)33)31(38)23-37(42(40,41)35(4)5)29-20-24(2)17-18-25(29)3/h8-18,20,30H,6-7,19,21-23H2,1-5H3,(H,34,39). The van der Waals surface area contributed by atoms with Crippen LogP contribution in [0.4, 0.5) is 10.1 Å². The molecule has 0 aliphatic heterocycles. The third kappa shape index (κ3) is 8.39. The molecule has 1 unspecified atom stereocenters. The average molecular weight is 597 g/mol. The van der Waals surface area contributed by atoms with Crippen LogP contribution in [0.1, 0.15) is 42.0 Å². The van der Waals surface area contributed by atoms with E-state index in [4.69, 9.17) is 0 Å². The second-order valence-corrected chi connectivity index (χ2v) is 12.6. The molecule has 1 N–H and O–H groups in total. The van der Waals surface area contributed by atoms with Crippen LogP contribution in [0.25, 0.3) is 0 Å². The fourth-order valence-electron chi connectivity index (χ4n) is 4.56. The highest BCUT2D eigenvalue weighted by Gasteiger charge is 2.35. The van der Waals surface area contributed by atoms with Gasteiger partial charge in [0.1, 0.15) is 18.4 Å². The summed E-state index contributed by atoms with van der Waals surface area (Å²) in [6.45, 7) is 5.25. The Hall–Kier alpha value is -3.76. The summed E-state index contributed by atoms with van der Waals surface area (Å²) in [5.74, 6) is -1.53. The van der Waals surface area contributed by atoms with Crippen molar-refractivity contribution < 1.29 is 22.4 Å². The van der Waals surface area contributed by atoms with Gasteiger partial charge in [-0.2, -0.15) is 12.7 Å². The van der Waals surface area contributed by atoms with E-state index in [2.05, 4.69) is 5.32 Å². The zero-order valence-corrected chi connectivity index (χ0v) is 25.8. The molecule has 3 rings (SSSR count). The Kier molecular flexibility index (Phi) is 11.6. The van der Waals surface area contributed by atoms with Crippen LogP contribution in [-0.4, -0.2) is 62.7 Å². The molecule has 0 spiro atoms. The van der Waals surface area contributed by atoms with E-state index in [1.807, 2.05) is 50.2 Å². The molecule has 8 nitrogen and oxygen atoms in total. The minimum Gasteiger partial charge on any atom is -0.354 e. The summed E-state index contributed by atoms with van der Waals surface area (Å²) in [6, 6.07) is 19.7. The quantitative estimate of drug-likeness (QED) is 0.275. The molecule has 0 fully saturated rings. The molecule has 1 atom stereocenters. The number of hydrogen-bond acceptors (Lipinski definition) is 4. The SMILES string of the molecule is CCCCNC(=O)C(Cc1ccccc1)N(Cc1ccccc1F)C(=O)CN(c1cc(C)ccc1C)S(=O)(=O)N(C)C. The van der Waals surface area contributed by atoms with Crippen molar-refractivity contribution in [3.8, 4) is 0 Å². The summed E-state index contributed by atoms with van der Waals surface area (Å²) in [7, 11) is -1.32. The summed E-state index contributed by atoms with van der Waals surface area (Å²) < 4.78 is 44.2. The largest absolute Gasteiger partial charge is 0.354 e. The van der Waals surface area contributed by atoms with Crippen molar-refractivity contribution in [3.63, 3.8) is 0 Å². The molecule has 0 aromatic heterocycles. The van der Waals surface area contributed by atoms with Crippen molar-refractivity contribution >= 4 is 27.7 Å². The number of nitrogens with one attached hydrogen (secondary N) is 1. The summed E-state index contributed by atoms with van der Waals surface area (Å²) in [6.07, 6.45) is 1.80. The Balaban J connectivity index is 2.12. The number of hydrogen-bond donors (Lipinski definition) is 1. The smallest absolute Gasteiger partial charge is 0.304 e. The lowest BCUT2D eigenvalue weighted by molar-refractivity contribution is -0.140. The number of aryl methyl sites for hydroxylation is 2. The molecule has 10 heteroatoms. The number of carbonyl (C=O) groups is 2. The molecule has 0 radical (unpaired) electrons. The molecular weight excluding hydrogens is 555 g/mol. The van der Waals surface area contributed by atoms with Crippen LogP contribution in [0, 0.1) is 19.7 Å². The normalized spacial score (nSPS) is 12.2. The van der Waals surface area contributed by atoms with Crippen LogP contribution >= 0.6 is 0 Å². The van der Waals surface area contributed by atoms with Crippen LogP contribution in [0.15, 0.2) is 72.8 Å². The van der Waals surface area contributed by atoms with Crippen LogP contribution < -0.4 is 9.62 Å². The van der Waals surface area contributed by atoms with Gasteiger partial charge < -0.3 is 10.2 Å². The van der Waals surface area contributed by atoms with Gasteiger partial charge in [0.25, 0.3) is 0 Å². The number of amides is 2. The van der Waals surface area contributed by atoms with Gasteiger partial charge in [0, 0.05) is 39.2 Å². The van der Waals surface area contributed by atoms with E-state index >= 15 is 0 Å². The number of nitrogens with zero attached hydrogens (tertiary/aromatic N) is 3. The van der Waals surface area contributed by atoms with Gasteiger partial charge >= 0.3 is 10.2 Å². The van der Waals surface area contributed by atoms with E-state index in [1.54, 1.807) is 37.3 Å². The monoisotopic (exact) mass is 596 g/mol. The van der Waals surface area contributed by atoms with Gasteiger partial charge in [-0.15, -0.1) is 0 Å². The van der Waals surface area contributed by atoms with Crippen molar-refractivity contribution in [2.45, 2.75) is 52.6 Å². The topological polar surface area (TPSA) is 90.0 Å². The zero-order chi connectivity index (χ0) is 30.9. The molecule has 2 amide bonds. The zero-order valence-electron chi connectivity index (χ0n) is 25.0. The Labute approximate surface area is 249 Å². The van der Waals surface area contributed by atoms with Crippen molar-refractivity contribution in [1.29, 1.82) is 0 Å². The maximum atomic E-state index is 14.9. The molecule has 0 saturated carbocycles.